The number of aryl methyl sites for hydroxylation is 1. The molecule has 0 spiro atoms. The predicted molar refractivity (Wildman–Crippen MR) is 71.5 cm³/mol. The van der Waals surface area contributed by atoms with Crippen LogP contribution in [0.2, 0.25) is 0 Å². The van der Waals surface area contributed by atoms with E-state index in [1.165, 1.54) is 0 Å². The normalized spacial score (nSPS) is 13.3. The summed E-state index contributed by atoms with van der Waals surface area (Å²) in [4.78, 5) is 0. The van der Waals surface area contributed by atoms with Crippen LogP contribution in [0.3, 0.4) is 0 Å². The molecule has 0 heterocycles. The molecular formula is C13H20O4S. The van der Waals surface area contributed by atoms with Gasteiger partial charge in [-0.1, -0.05) is 25.5 Å². The second-order valence-corrected chi connectivity index (χ2v) is 6.03. The Balaban J connectivity index is 2.57. The molecule has 0 aliphatic rings. The van der Waals surface area contributed by atoms with Crippen molar-refractivity contribution >= 4 is 10.1 Å². The molecule has 1 atom stereocenters. The lowest BCUT2D eigenvalue weighted by molar-refractivity contribution is 0.250. The summed E-state index contributed by atoms with van der Waals surface area (Å²) in [5.74, 6) is 0.309. The molecule has 4 nitrogen and oxygen atoms in total. The highest BCUT2D eigenvalue weighted by molar-refractivity contribution is 7.85. The molecule has 0 radical (unpaired) electrons. The predicted octanol–water partition coefficient (Wildman–Crippen LogP) is 2.68. The SMILES string of the molecule is CCCC(COc1cccc(C)c1)CS(=O)(=O)O. The van der Waals surface area contributed by atoms with Gasteiger partial charge in [0, 0.05) is 5.92 Å². The topological polar surface area (TPSA) is 63.6 Å². The van der Waals surface area contributed by atoms with Crippen LogP contribution in [0.15, 0.2) is 24.3 Å². The quantitative estimate of drug-likeness (QED) is 0.775. The van der Waals surface area contributed by atoms with Crippen molar-refractivity contribution < 1.29 is 17.7 Å². The van der Waals surface area contributed by atoms with E-state index >= 15 is 0 Å². The molecule has 0 amide bonds. The summed E-state index contributed by atoms with van der Waals surface area (Å²) < 4.78 is 36.2. The molecule has 1 rings (SSSR count). The van der Waals surface area contributed by atoms with Crippen molar-refractivity contribution in [2.24, 2.45) is 5.92 Å². The van der Waals surface area contributed by atoms with E-state index in [9.17, 15) is 8.42 Å². The van der Waals surface area contributed by atoms with Crippen molar-refractivity contribution in [3.63, 3.8) is 0 Å². The molecule has 1 aromatic rings. The fourth-order valence-corrected chi connectivity index (χ4v) is 2.70. The van der Waals surface area contributed by atoms with Crippen LogP contribution in [0.1, 0.15) is 25.3 Å². The van der Waals surface area contributed by atoms with Crippen LogP contribution in [-0.2, 0) is 10.1 Å². The van der Waals surface area contributed by atoms with Crippen molar-refractivity contribution in [2.75, 3.05) is 12.4 Å². The van der Waals surface area contributed by atoms with Gasteiger partial charge in [-0.05, 0) is 31.0 Å². The van der Waals surface area contributed by atoms with Gasteiger partial charge in [0.1, 0.15) is 5.75 Å². The van der Waals surface area contributed by atoms with Gasteiger partial charge in [0.2, 0.25) is 0 Å². The van der Waals surface area contributed by atoms with E-state index in [2.05, 4.69) is 0 Å². The first-order valence-electron chi connectivity index (χ1n) is 6.05. The molecule has 1 N–H and O–H groups in total. The minimum absolute atomic E-state index is 0.175. The van der Waals surface area contributed by atoms with Crippen LogP contribution in [0.4, 0.5) is 0 Å². The van der Waals surface area contributed by atoms with Crippen LogP contribution in [0, 0.1) is 12.8 Å². The van der Waals surface area contributed by atoms with Gasteiger partial charge in [-0.15, -0.1) is 0 Å². The van der Waals surface area contributed by atoms with Crippen molar-refractivity contribution in [1.29, 1.82) is 0 Å². The van der Waals surface area contributed by atoms with E-state index in [0.717, 1.165) is 17.7 Å². The van der Waals surface area contributed by atoms with E-state index in [-0.39, 0.29) is 11.7 Å². The van der Waals surface area contributed by atoms with E-state index in [1.807, 2.05) is 38.1 Å². The fourth-order valence-electron chi connectivity index (χ4n) is 1.84. The molecular weight excluding hydrogens is 252 g/mol. The van der Waals surface area contributed by atoms with Gasteiger partial charge in [-0.25, -0.2) is 0 Å². The lowest BCUT2D eigenvalue weighted by Crippen LogP contribution is -2.21. The summed E-state index contributed by atoms with van der Waals surface area (Å²) in [7, 11) is -3.94. The standard InChI is InChI=1S/C13H20O4S/c1-3-5-12(10-18(14,15)16)9-17-13-7-4-6-11(2)8-13/h4,6-8,12H,3,5,9-10H2,1-2H3,(H,14,15,16). The Hall–Kier alpha value is -1.07. The molecule has 1 aromatic carbocycles. The van der Waals surface area contributed by atoms with Gasteiger partial charge in [0.05, 0.1) is 12.4 Å². The molecule has 18 heavy (non-hydrogen) atoms. The largest absolute Gasteiger partial charge is 0.493 e. The minimum Gasteiger partial charge on any atom is -0.493 e. The average molecular weight is 272 g/mol. The molecule has 5 heteroatoms. The third-order valence-corrected chi connectivity index (χ3v) is 3.51. The Morgan fingerprint density at radius 3 is 2.67 bits per heavy atom. The number of benzene rings is 1. The molecule has 102 valence electrons. The zero-order chi connectivity index (χ0) is 13.6. The van der Waals surface area contributed by atoms with Crippen LogP contribution in [-0.4, -0.2) is 25.3 Å². The zero-order valence-electron chi connectivity index (χ0n) is 10.8. The van der Waals surface area contributed by atoms with Crippen LogP contribution < -0.4 is 4.74 Å². The molecule has 0 saturated carbocycles. The molecule has 0 aliphatic heterocycles. The highest BCUT2D eigenvalue weighted by Crippen LogP contribution is 2.16. The van der Waals surface area contributed by atoms with Gasteiger partial charge in [-0.3, -0.25) is 4.55 Å². The molecule has 0 bridgehead atoms. The fraction of sp³-hybridized carbons (Fsp3) is 0.538. The molecule has 0 aromatic heterocycles. The average Bonchev–Trinajstić information content (AvgIpc) is 2.24. The Bertz CT molecular complexity index is 468. The molecule has 0 fully saturated rings. The Morgan fingerprint density at radius 2 is 2.11 bits per heavy atom. The first kappa shape index (κ1) is 15.0. The summed E-state index contributed by atoms with van der Waals surface area (Å²) >= 11 is 0. The highest BCUT2D eigenvalue weighted by Gasteiger charge is 2.17. The molecule has 0 saturated heterocycles. The van der Waals surface area contributed by atoms with E-state index in [0.29, 0.717) is 13.0 Å². The van der Waals surface area contributed by atoms with Gasteiger partial charge >= 0.3 is 0 Å². The van der Waals surface area contributed by atoms with Gasteiger partial charge < -0.3 is 4.74 Å². The van der Waals surface area contributed by atoms with Gasteiger partial charge in [0.25, 0.3) is 10.1 Å². The van der Waals surface area contributed by atoms with E-state index in [4.69, 9.17) is 9.29 Å². The van der Waals surface area contributed by atoms with Crippen LogP contribution in [0.5, 0.6) is 5.75 Å². The maximum absolute atomic E-state index is 10.9. The lowest BCUT2D eigenvalue weighted by Gasteiger charge is -2.15. The third-order valence-electron chi connectivity index (χ3n) is 2.62. The second kappa shape index (κ2) is 6.75. The maximum atomic E-state index is 10.9. The number of rotatable bonds is 7. The van der Waals surface area contributed by atoms with Gasteiger partial charge in [-0.2, -0.15) is 8.42 Å². The number of hydrogen-bond donors (Lipinski definition) is 1. The minimum atomic E-state index is -3.94. The molecule has 1 unspecified atom stereocenters. The lowest BCUT2D eigenvalue weighted by atomic mass is 10.1. The Kier molecular flexibility index (Phi) is 5.62. The summed E-state index contributed by atoms with van der Waals surface area (Å²) in [6.45, 7) is 4.25. The number of ether oxygens (including phenoxy) is 1. The van der Waals surface area contributed by atoms with E-state index in [1.54, 1.807) is 0 Å². The van der Waals surface area contributed by atoms with Crippen LogP contribution >= 0.6 is 0 Å². The van der Waals surface area contributed by atoms with Crippen molar-refractivity contribution in [2.45, 2.75) is 26.7 Å². The third kappa shape index (κ3) is 6.02. The van der Waals surface area contributed by atoms with Crippen molar-refractivity contribution in [3.05, 3.63) is 29.8 Å². The number of hydrogen-bond acceptors (Lipinski definition) is 3. The Labute approximate surface area is 109 Å². The van der Waals surface area contributed by atoms with Gasteiger partial charge in [0.15, 0.2) is 0 Å². The first-order valence-corrected chi connectivity index (χ1v) is 7.66. The monoisotopic (exact) mass is 272 g/mol. The summed E-state index contributed by atoms with van der Waals surface area (Å²) in [6.07, 6.45) is 1.57. The second-order valence-electron chi connectivity index (χ2n) is 4.53. The highest BCUT2D eigenvalue weighted by atomic mass is 32.2. The maximum Gasteiger partial charge on any atom is 0.265 e. The Morgan fingerprint density at radius 1 is 1.39 bits per heavy atom. The molecule has 0 aliphatic carbocycles. The van der Waals surface area contributed by atoms with Crippen molar-refractivity contribution in [3.8, 4) is 5.75 Å². The van der Waals surface area contributed by atoms with Crippen LogP contribution in [0.25, 0.3) is 0 Å². The smallest absolute Gasteiger partial charge is 0.265 e. The summed E-state index contributed by atoms with van der Waals surface area (Å²) in [6, 6.07) is 7.59. The van der Waals surface area contributed by atoms with E-state index < -0.39 is 10.1 Å². The first-order chi connectivity index (χ1) is 8.40. The summed E-state index contributed by atoms with van der Waals surface area (Å²) in [5.41, 5.74) is 1.09. The zero-order valence-corrected chi connectivity index (χ0v) is 11.6. The summed E-state index contributed by atoms with van der Waals surface area (Å²) in [5, 5.41) is 0. The van der Waals surface area contributed by atoms with Crippen molar-refractivity contribution in [1.82, 2.24) is 0 Å².